The molecule has 2 nitrogen and oxygen atoms in total. The molecule has 7 heteroatoms. The molecule has 0 amide bonds. The van der Waals surface area contributed by atoms with Crippen LogP contribution in [0, 0.1) is 0 Å². The summed E-state index contributed by atoms with van der Waals surface area (Å²) in [5, 5.41) is 3.14. The van der Waals surface area contributed by atoms with Crippen molar-refractivity contribution in [2.75, 3.05) is 5.32 Å². The molecule has 1 saturated carbocycles. The van der Waals surface area contributed by atoms with Crippen LogP contribution in [0.4, 0.5) is 18.9 Å². The molecule has 0 bridgehead atoms. The van der Waals surface area contributed by atoms with E-state index in [-0.39, 0.29) is 12.8 Å². The molecule has 1 fully saturated rings. The smallest absolute Gasteiger partial charge is 0.380 e. The van der Waals surface area contributed by atoms with Gasteiger partial charge in [0, 0.05) is 16.8 Å². The van der Waals surface area contributed by atoms with Crippen LogP contribution in [-0.4, -0.2) is 11.2 Å². The van der Waals surface area contributed by atoms with Crippen molar-refractivity contribution in [2.45, 2.75) is 31.0 Å². The van der Waals surface area contributed by atoms with Crippen LogP contribution in [0.15, 0.2) is 30.5 Å². The van der Waals surface area contributed by atoms with Crippen LogP contribution in [0.5, 0.6) is 0 Å². The van der Waals surface area contributed by atoms with Gasteiger partial charge in [0.25, 0.3) is 0 Å². The number of thiazole rings is 1. The summed E-state index contributed by atoms with van der Waals surface area (Å²) in [6, 6.07) is 6.48. The van der Waals surface area contributed by atoms with Gasteiger partial charge < -0.3 is 5.32 Å². The predicted molar refractivity (Wildman–Crippen MR) is 77.9 cm³/mol. The Kier molecular flexibility index (Phi) is 3.61. The Balaban J connectivity index is 1.67. The molecule has 1 aromatic carbocycles. The van der Waals surface area contributed by atoms with E-state index in [2.05, 4.69) is 10.3 Å². The highest BCUT2D eigenvalue weighted by atomic mass is 35.5. The van der Waals surface area contributed by atoms with Crippen molar-refractivity contribution in [1.82, 2.24) is 4.98 Å². The van der Waals surface area contributed by atoms with Crippen molar-refractivity contribution in [3.63, 3.8) is 0 Å². The van der Waals surface area contributed by atoms with Gasteiger partial charge in [0.1, 0.15) is 0 Å². The Hall–Kier alpha value is -1.27. The molecule has 0 unspecified atom stereocenters. The summed E-state index contributed by atoms with van der Waals surface area (Å²) < 4.78 is 39.5. The van der Waals surface area contributed by atoms with Gasteiger partial charge in [0.15, 0.2) is 4.47 Å². The zero-order valence-corrected chi connectivity index (χ0v) is 12.4. The lowest BCUT2D eigenvalue weighted by Gasteiger charge is -2.19. The number of aromatic nitrogens is 1. The molecular formula is C14H12ClF3N2S. The quantitative estimate of drug-likeness (QED) is 0.852. The summed E-state index contributed by atoms with van der Waals surface area (Å²) in [4.78, 5) is 4.90. The lowest BCUT2D eigenvalue weighted by molar-refractivity contribution is -0.160. The summed E-state index contributed by atoms with van der Waals surface area (Å²) in [5.41, 5.74) is -0.487. The van der Waals surface area contributed by atoms with E-state index in [4.69, 9.17) is 11.6 Å². The molecule has 1 aliphatic carbocycles. The van der Waals surface area contributed by atoms with Gasteiger partial charge in [-0.3, -0.25) is 0 Å². The minimum absolute atomic E-state index is 0.183. The van der Waals surface area contributed by atoms with Gasteiger partial charge in [0.2, 0.25) is 0 Å². The van der Waals surface area contributed by atoms with Crippen LogP contribution in [0.25, 0.3) is 0 Å². The summed E-state index contributed by atoms with van der Waals surface area (Å²) in [5.74, 6) is 0. The van der Waals surface area contributed by atoms with E-state index in [9.17, 15) is 13.2 Å². The largest absolute Gasteiger partial charge is 0.398 e. The summed E-state index contributed by atoms with van der Waals surface area (Å²) in [6.07, 6.45) is -2.12. The number of nitrogens with zero attached hydrogens (tertiary/aromatic N) is 1. The highest BCUT2D eigenvalue weighted by Crippen LogP contribution is 2.58. The third-order valence-electron chi connectivity index (χ3n) is 3.72. The van der Waals surface area contributed by atoms with E-state index in [1.165, 1.54) is 11.3 Å². The Labute approximate surface area is 129 Å². The SMILES string of the molecule is FC(F)(F)C1(c2ccc(NCc3cnc(Cl)s3)cc2)CC1. The fourth-order valence-electron chi connectivity index (χ4n) is 2.32. The molecule has 3 rings (SSSR count). The maximum Gasteiger partial charge on any atom is 0.398 e. The van der Waals surface area contributed by atoms with Gasteiger partial charge in [-0.25, -0.2) is 4.98 Å². The van der Waals surface area contributed by atoms with Crippen molar-refractivity contribution >= 4 is 28.6 Å². The average Bonchev–Trinajstić information content (AvgIpc) is 3.15. The van der Waals surface area contributed by atoms with E-state index in [0.717, 1.165) is 10.6 Å². The van der Waals surface area contributed by atoms with Gasteiger partial charge in [-0.2, -0.15) is 13.2 Å². The lowest BCUT2D eigenvalue weighted by Crippen LogP contribution is -2.28. The molecule has 0 spiro atoms. The van der Waals surface area contributed by atoms with Gasteiger partial charge in [-0.1, -0.05) is 23.7 Å². The van der Waals surface area contributed by atoms with E-state index < -0.39 is 11.6 Å². The van der Waals surface area contributed by atoms with E-state index >= 15 is 0 Å². The van der Waals surface area contributed by atoms with Crippen molar-refractivity contribution in [3.05, 3.63) is 45.4 Å². The van der Waals surface area contributed by atoms with Gasteiger partial charge in [-0.05, 0) is 30.5 Å². The Morgan fingerprint density at radius 2 is 1.90 bits per heavy atom. The number of rotatable bonds is 4. The monoisotopic (exact) mass is 332 g/mol. The van der Waals surface area contributed by atoms with Crippen LogP contribution < -0.4 is 5.32 Å². The summed E-state index contributed by atoms with van der Waals surface area (Å²) in [6.45, 7) is 0.550. The fraction of sp³-hybridized carbons (Fsp3) is 0.357. The number of hydrogen-bond acceptors (Lipinski definition) is 3. The second-order valence-electron chi connectivity index (χ2n) is 5.09. The molecule has 2 aromatic rings. The van der Waals surface area contributed by atoms with Crippen molar-refractivity contribution in [3.8, 4) is 0 Å². The first-order valence-electron chi connectivity index (χ1n) is 6.42. The average molecular weight is 333 g/mol. The molecule has 0 radical (unpaired) electrons. The van der Waals surface area contributed by atoms with E-state index in [1.54, 1.807) is 30.5 Å². The van der Waals surface area contributed by atoms with Crippen LogP contribution in [0.1, 0.15) is 23.3 Å². The zero-order valence-electron chi connectivity index (χ0n) is 10.9. The zero-order chi connectivity index (χ0) is 15.1. The molecule has 112 valence electrons. The number of alkyl halides is 3. The van der Waals surface area contributed by atoms with Gasteiger partial charge >= 0.3 is 6.18 Å². The first kappa shape index (κ1) is 14.7. The predicted octanol–water partition coefficient (Wildman–Crippen LogP) is 5.00. The van der Waals surface area contributed by atoms with Crippen LogP contribution >= 0.6 is 22.9 Å². The topological polar surface area (TPSA) is 24.9 Å². The number of hydrogen-bond donors (Lipinski definition) is 1. The molecular weight excluding hydrogens is 321 g/mol. The summed E-state index contributed by atoms with van der Waals surface area (Å²) in [7, 11) is 0. The standard InChI is InChI=1S/C14H12ClF3N2S/c15-12-20-8-11(21-12)7-19-10-3-1-9(2-4-10)13(5-6-13)14(16,17)18/h1-4,8,19H,5-7H2. The van der Waals surface area contributed by atoms with Crippen LogP contribution in [0.3, 0.4) is 0 Å². The maximum atomic E-state index is 13.0. The molecule has 1 heterocycles. The van der Waals surface area contributed by atoms with Gasteiger partial charge in [0.05, 0.1) is 12.0 Å². The highest BCUT2D eigenvalue weighted by molar-refractivity contribution is 7.15. The molecule has 21 heavy (non-hydrogen) atoms. The molecule has 1 aliphatic rings. The number of nitrogens with one attached hydrogen (secondary N) is 1. The molecule has 0 aliphatic heterocycles. The molecule has 1 N–H and O–H groups in total. The Bertz CT molecular complexity index is 632. The van der Waals surface area contributed by atoms with Gasteiger partial charge in [-0.15, -0.1) is 11.3 Å². The fourth-order valence-corrected chi connectivity index (χ4v) is 3.24. The van der Waals surface area contributed by atoms with E-state index in [1.807, 2.05) is 0 Å². The third-order valence-corrected chi connectivity index (χ3v) is 4.84. The van der Waals surface area contributed by atoms with Crippen molar-refractivity contribution in [2.24, 2.45) is 0 Å². The minimum atomic E-state index is -4.17. The first-order chi connectivity index (χ1) is 9.91. The van der Waals surface area contributed by atoms with E-state index in [0.29, 0.717) is 16.6 Å². The molecule has 0 saturated heterocycles. The van der Waals surface area contributed by atoms with Crippen molar-refractivity contribution < 1.29 is 13.2 Å². The van der Waals surface area contributed by atoms with Crippen LogP contribution in [-0.2, 0) is 12.0 Å². The second kappa shape index (κ2) is 5.18. The minimum Gasteiger partial charge on any atom is -0.380 e. The first-order valence-corrected chi connectivity index (χ1v) is 7.61. The Morgan fingerprint density at radius 3 is 2.38 bits per heavy atom. The lowest BCUT2D eigenvalue weighted by atomic mass is 9.95. The normalized spacial score (nSPS) is 16.8. The number of benzene rings is 1. The second-order valence-corrected chi connectivity index (χ2v) is 6.79. The van der Waals surface area contributed by atoms with Crippen LogP contribution in [0.2, 0.25) is 4.47 Å². The number of halogens is 4. The van der Waals surface area contributed by atoms with Crippen molar-refractivity contribution in [1.29, 1.82) is 0 Å². The molecule has 1 aromatic heterocycles. The Morgan fingerprint density at radius 1 is 1.24 bits per heavy atom. The third kappa shape index (κ3) is 2.87. The highest BCUT2D eigenvalue weighted by Gasteiger charge is 2.64. The maximum absolute atomic E-state index is 13.0. The summed E-state index contributed by atoms with van der Waals surface area (Å²) >= 11 is 7.11. The molecule has 0 atom stereocenters. The number of anilines is 1.